The van der Waals surface area contributed by atoms with E-state index in [1.54, 1.807) is 24.5 Å². The van der Waals surface area contributed by atoms with Gasteiger partial charge in [-0.15, -0.1) is 0 Å². The summed E-state index contributed by atoms with van der Waals surface area (Å²) in [6, 6.07) is 4.75. The number of halogens is 2. The van der Waals surface area contributed by atoms with Crippen LogP contribution in [0.25, 0.3) is 0 Å². The van der Waals surface area contributed by atoms with Gasteiger partial charge in [-0.05, 0) is 11.6 Å². The van der Waals surface area contributed by atoms with Crippen molar-refractivity contribution in [1.29, 1.82) is 0 Å². The first-order valence-corrected chi connectivity index (χ1v) is 5.23. The van der Waals surface area contributed by atoms with Crippen LogP contribution in [0.1, 0.15) is 11.4 Å². The van der Waals surface area contributed by atoms with Crippen molar-refractivity contribution in [2.75, 3.05) is 0 Å². The van der Waals surface area contributed by atoms with E-state index in [0.29, 0.717) is 13.1 Å². The standard InChI is InChI=1S/C11H11ClFN3/c12-11-8(2-1-3-9(11)13)7-16-5-4-15-10(16)6-14/h1-5H,6-7,14H2. The van der Waals surface area contributed by atoms with Crippen LogP contribution in [0.4, 0.5) is 4.39 Å². The van der Waals surface area contributed by atoms with Gasteiger partial charge in [0.1, 0.15) is 11.6 Å². The molecule has 0 atom stereocenters. The summed E-state index contributed by atoms with van der Waals surface area (Å²) in [5.41, 5.74) is 6.24. The molecule has 1 aromatic carbocycles. The number of hydrogen-bond acceptors (Lipinski definition) is 2. The Balaban J connectivity index is 2.30. The van der Waals surface area contributed by atoms with E-state index in [2.05, 4.69) is 4.98 Å². The smallest absolute Gasteiger partial charge is 0.142 e. The number of nitrogens with two attached hydrogens (primary N) is 1. The van der Waals surface area contributed by atoms with Crippen LogP contribution in [0.3, 0.4) is 0 Å². The fraction of sp³-hybridized carbons (Fsp3) is 0.182. The van der Waals surface area contributed by atoms with Gasteiger partial charge in [0, 0.05) is 12.4 Å². The molecule has 0 aliphatic heterocycles. The van der Waals surface area contributed by atoms with Crippen molar-refractivity contribution in [3.8, 4) is 0 Å². The van der Waals surface area contributed by atoms with E-state index < -0.39 is 5.82 Å². The Kier molecular flexibility index (Phi) is 3.22. The minimum absolute atomic E-state index is 0.152. The topological polar surface area (TPSA) is 43.8 Å². The number of benzene rings is 1. The highest BCUT2D eigenvalue weighted by molar-refractivity contribution is 6.31. The molecule has 2 N–H and O–H groups in total. The maximum Gasteiger partial charge on any atom is 0.142 e. The van der Waals surface area contributed by atoms with E-state index in [1.807, 2.05) is 4.57 Å². The van der Waals surface area contributed by atoms with Crippen LogP contribution in [0, 0.1) is 5.82 Å². The first-order chi connectivity index (χ1) is 7.72. The zero-order chi connectivity index (χ0) is 11.5. The van der Waals surface area contributed by atoms with Gasteiger partial charge in [0.05, 0.1) is 18.1 Å². The number of nitrogens with zero attached hydrogens (tertiary/aromatic N) is 2. The highest BCUT2D eigenvalue weighted by Gasteiger charge is 2.07. The summed E-state index contributed by atoms with van der Waals surface area (Å²) in [4.78, 5) is 4.08. The average molecular weight is 240 g/mol. The average Bonchev–Trinajstić information content (AvgIpc) is 2.72. The number of imidazole rings is 1. The predicted octanol–water partition coefficient (Wildman–Crippen LogP) is 2.18. The Morgan fingerprint density at radius 2 is 2.25 bits per heavy atom. The lowest BCUT2D eigenvalue weighted by Crippen LogP contribution is -2.09. The number of aromatic nitrogens is 2. The molecule has 2 rings (SSSR count). The molecule has 0 spiro atoms. The van der Waals surface area contributed by atoms with Crippen molar-refractivity contribution in [1.82, 2.24) is 9.55 Å². The molecule has 0 fully saturated rings. The molecule has 16 heavy (non-hydrogen) atoms. The Bertz CT molecular complexity index is 496. The minimum atomic E-state index is -0.409. The Morgan fingerprint density at radius 1 is 1.44 bits per heavy atom. The van der Waals surface area contributed by atoms with Crippen LogP contribution in [0.15, 0.2) is 30.6 Å². The van der Waals surface area contributed by atoms with Crippen LogP contribution in [0.5, 0.6) is 0 Å². The SMILES string of the molecule is NCc1nccn1Cc1cccc(F)c1Cl. The summed E-state index contributed by atoms with van der Waals surface area (Å²) < 4.78 is 15.1. The third-order valence-corrected chi connectivity index (χ3v) is 2.78. The molecule has 3 nitrogen and oxygen atoms in total. The zero-order valence-corrected chi connectivity index (χ0v) is 9.28. The minimum Gasteiger partial charge on any atom is -0.329 e. The summed E-state index contributed by atoms with van der Waals surface area (Å²) in [6.07, 6.45) is 3.46. The second-order valence-electron chi connectivity index (χ2n) is 3.39. The lowest BCUT2D eigenvalue weighted by molar-refractivity contribution is 0.622. The van der Waals surface area contributed by atoms with Crippen LogP contribution < -0.4 is 5.73 Å². The van der Waals surface area contributed by atoms with Gasteiger partial charge >= 0.3 is 0 Å². The lowest BCUT2D eigenvalue weighted by atomic mass is 10.2. The largest absolute Gasteiger partial charge is 0.329 e. The third kappa shape index (κ3) is 2.08. The summed E-state index contributed by atoms with van der Waals surface area (Å²) >= 11 is 5.87. The zero-order valence-electron chi connectivity index (χ0n) is 8.53. The number of hydrogen-bond donors (Lipinski definition) is 1. The monoisotopic (exact) mass is 239 g/mol. The van der Waals surface area contributed by atoms with Crippen molar-refractivity contribution in [3.05, 3.63) is 52.8 Å². The highest BCUT2D eigenvalue weighted by Crippen LogP contribution is 2.20. The van der Waals surface area contributed by atoms with Crippen molar-refractivity contribution in [3.63, 3.8) is 0 Å². The second-order valence-corrected chi connectivity index (χ2v) is 3.77. The van der Waals surface area contributed by atoms with Crippen molar-refractivity contribution in [2.45, 2.75) is 13.1 Å². The lowest BCUT2D eigenvalue weighted by Gasteiger charge is -2.08. The van der Waals surface area contributed by atoms with Crippen molar-refractivity contribution >= 4 is 11.6 Å². The maximum absolute atomic E-state index is 13.2. The van der Waals surface area contributed by atoms with Gasteiger partial charge in [-0.1, -0.05) is 23.7 Å². The Hall–Kier alpha value is -1.39. The Morgan fingerprint density at radius 3 is 3.00 bits per heavy atom. The fourth-order valence-corrected chi connectivity index (χ4v) is 1.71. The molecule has 0 aliphatic carbocycles. The molecule has 0 unspecified atom stereocenters. The van der Waals surface area contributed by atoms with Crippen LogP contribution in [0.2, 0.25) is 5.02 Å². The normalized spacial score (nSPS) is 10.7. The van der Waals surface area contributed by atoms with E-state index in [4.69, 9.17) is 17.3 Å². The molecule has 0 saturated carbocycles. The Labute approximate surface area is 97.7 Å². The summed E-state index contributed by atoms with van der Waals surface area (Å²) in [7, 11) is 0. The van der Waals surface area contributed by atoms with Gasteiger partial charge in [-0.3, -0.25) is 0 Å². The molecular weight excluding hydrogens is 229 g/mol. The van der Waals surface area contributed by atoms with Crippen LogP contribution in [-0.2, 0) is 13.1 Å². The van der Waals surface area contributed by atoms with Gasteiger partial charge in [0.2, 0.25) is 0 Å². The maximum atomic E-state index is 13.2. The van der Waals surface area contributed by atoms with Crippen molar-refractivity contribution < 1.29 is 4.39 Å². The summed E-state index contributed by atoms with van der Waals surface area (Å²) in [5.74, 6) is 0.342. The fourth-order valence-electron chi connectivity index (χ4n) is 1.53. The summed E-state index contributed by atoms with van der Waals surface area (Å²) in [6.45, 7) is 0.822. The molecule has 2 aromatic rings. The van der Waals surface area contributed by atoms with E-state index in [0.717, 1.165) is 11.4 Å². The van der Waals surface area contributed by atoms with E-state index in [-0.39, 0.29) is 5.02 Å². The van der Waals surface area contributed by atoms with E-state index in [9.17, 15) is 4.39 Å². The van der Waals surface area contributed by atoms with Gasteiger partial charge < -0.3 is 10.3 Å². The number of rotatable bonds is 3. The molecule has 0 radical (unpaired) electrons. The molecule has 0 aliphatic rings. The van der Waals surface area contributed by atoms with Crippen molar-refractivity contribution in [2.24, 2.45) is 5.73 Å². The first kappa shape index (κ1) is 11.1. The molecule has 0 amide bonds. The highest BCUT2D eigenvalue weighted by atomic mass is 35.5. The molecular formula is C11H11ClFN3. The summed E-state index contributed by atoms with van der Waals surface area (Å²) in [5, 5.41) is 0.152. The molecule has 1 aromatic heterocycles. The molecule has 84 valence electrons. The van der Waals surface area contributed by atoms with Gasteiger partial charge in [0.25, 0.3) is 0 Å². The quantitative estimate of drug-likeness (QED) is 0.892. The van der Waals surface area contributed by atoms with Crippen LogP contribution in [-0.4, -0.2) is 9.55 Å². The molecule has 0 bridgehead atoms. The third-order valence-electron chi connectivity index (χ3n) is 2.36. The molecule has 1 heterocycles. The van der Waals surface area contributed by atoms with E-state index >= 15 is 0 Å². The van der Waals surface area contributed by atoms with Gasteiger partial charge in [-0.25, -0.2) is 9.37 Å². The second kappa shape index (κ2) is 4.63. The van der Waals surface area contributed by atoms with Gasteiger partial charge in [0.15, 0.2) is 0 Å². The molecule has 5 heteroatoms. The van der Waals surface area contributed by atoms with E-state index in [1.165, 1.54) is 6.07 Å². The van der Waals surface area contributed by atoms with Gasteiger partial charge in [-0.2, -0.15) is 0 Å². The van der Waals surface area contributed by atoms with Crippen LogP contribution >= 0.6 is 11.6 Å². The molecule has 0 saturated heterocycles. The first-order valence-electron chi connectivity index (χ1n) is 4.85. The predicted molar refractivity (Wildman–Crippen MR) is 60.6 cm³/mol.